The first-order valence-corrected chi connectivity index (χ1v) is 4.16. The van der Waals surface area contributed by atoms with Gasteiger partial charge in [-0.25, -0.2) is 9.59 Å². The third-order valence-electron chi connectivity index (χ3n) is 1.70. The Kier molecular flexibility index (Phi) is 4.87. The van der Waals surface area contributed by atoms with E-state index in [0.717, 1.165) is 4.90 Å². The lowest BCUT2D eigenvalue weighted by molar-refractivity contribution is -0.142. The predicted molar refractivity (Wildman–Crippen MR) is 46.5 cm³/mol. The normalized spacial score (nSPS) is 11.9. The molecule has 0 saturated heterocycles. The third-order valence-corrected chi connectivity index (χ3v) is 1.70. The molecule has 0 aromatic heterocycles. The predicted octanol–water partition coefficient (Wildman–Crippen LogP) is 0.938. The van der Waals surface area contributed by atoms with E-state index in [1.165, 1.54) is 7.05 Å². The average molecular weight is 189 g/mol. The molecule has 0 fully saturated rings. The van der Waals surface area contributed by atoms with Gasteiger partial charge in [0, 0.05) is 7.05 Å². The molecule has 0 heterocycles. The fourth-order valence-electron chi connectivity index (χ4n) is 0.967. The lowest BCUT2D eigenvalue weighted by Gasteiger charge is -2.22. The SMILES string of the molecule is CCOC(=O)N(C)C(CC)C(=O)O. The molecule has 5 heteroatoms. The standard InChI is InChI=1S/C8H15NO4/c1-4-6(7(10)11)9(3)8(12)13-5-2/h6H,4-5H2,1-3H3,(H,10,11). The monoisotopic (exact) mass is 189 g/mol. The van der Waals surface area contributed by atoms with E-state index in [0.29, 0.717) is 6.42 Å². The zero-order valence-electron chi connectivity index (χ0n) is 8.11. The zero-order valence-corrected chi connectivity index (χ0v) is 8.11. The summed E-state index contributed by atoms with van der Waals surface area (Å²) >= 11 is 0. The van der Waals surface area contributed by atoms with Crippen molar-refractivity contribution in [2.75, 3.05) is 13.7 Å². The highest BCUT2D eigenvalue weighted by molar-refractivity contribution is 5.79. The van der Waals surface area contributed by atoms with Crippen LogP contribution in [0.4, 0.5) is 4.79 Å². The van der Waals surface area contributed by atoms with E-state index in [4.69, 9.17) is 5.11 Å². The molecule has 0 aliphatic heterocycles. The molecule has 0 aliphatic carbocycles. The first-order valence-electron chi connectivity index (χ1n) is 4.16. The van der Waals surface area contributed by atoms with E-state index < -0.39 is 18.1 Å². The maximum absolute atomic E-state index is 11.1. The summed E-state index contributed by atoms with van der Waals surface area (Å²) in [4.78, 5) is 22.8. The van der Waals surface area contributed by atoms with Crippen LogP contribution < -0.4 is 0 Å². The quantitative estimate of drug-likeness (QED) is 0.714. The maximum Gasteiger partial charge on any atom is 0.410 e. The summed E-state index contributed by atoms with van der Waals surface area (Å²) in [6.45, 7) is 3.63. The number of carbonyl (C=O) groups is 2. The summed E-state index contributed by atoms with van der Waals surface area (Å²) in [5, 5.41) is 8.71. The van der Waals surface area contributed by atoms with E-state index in [2.05, 4.69) is 4.74 Å². The summed E-state index contributed by atoms with van der Waals surface area (Å²) in [6, 6.07) is -0.806. The third kappa shape index (κ3) is 3.31. The van der Waals surface area contributed by atoms with Crippen LogP contribution >= 0.6 is 0 Å². The smallest absolute Gasteiger partial charge is 0.410 e. The zero-order chi connectivity index (χ0) is 10.4. The van der Waals surface area contributed by atoms with Gasteiger partial charge in [0.1, 0.15) is 6.04 Å². The van der Waals surface area contributed by atoms with Gasteiger partial charge in [0.25, 0.3) is 0 Å². The molecule has 0 aromatic carbocycles. The van der Waals surface area contributed by atoms with Crippen molar-refractivity contribution in [3.63, 3.8) is 0 Å². The van der Waals surface area contributed by atoms with Crippen LogP contribution in [-0.2, 0) is 9.53 Å². The van der Waals surface area contributed by atoms with E-state index >= 15 is 0 Å². The number of carboxylic acids is 1. The van der Waals surface area contributed by atoms with E-state index in [1.54, 1.807) is 13.8 Å². The number of carboxylic acid groups (broad SMARTS) is 1. The molecule has 1 atom stereocenters. The van der Waals surface area contributed by atoms with Gasteiger partial charge >= 0.3 is 12.1 Å². The largest absolute Gasteiger partial charge is 0.480 e. The molecule has 13 heavy (non-hydrogen) atoms. The molecule has 0 bridgehead atoms. The minimum atomic E-state index is -1.02. The van der Waals surface area contributed by atoms with Gasteiger partial charge in [-0.3, -0.25) is 4.90 Å². The molecule has 0 spiro atoms. The van der Waals surface area contributed by atoms with Crippen molar-refractivity contribution in [3.8, 4) is 0 Å². The maximum atomic E-state index is 11.1. The van der Waals surface area contributed by atoms with Crippen molar-refractivity contribution in [1.29, 1.82) is 0 Å². The molecular weight excluding hydrogens is 174 g/mol. The van der Waals surface area contributed by atoms with Crippen molar-refractivity contribution >= 4 is 12.1 Å². The van der Waals surface area contributed by atoms with Crippen LogP contribution in [0.3, 0.4) is 0 Å². The average Bonchev–Trinajstić information content (AvgIpc) is 2.05. The van der Waals surface area contributed by atoms with Crippen molar-refractivity contribution in [2.45, 2.75) is 26.3 Å². The number of hydrogen-bond acceptors (Lipinski definition) is 3. The van der Waals surface area contributed by atoms with Crippen LogP contribution in [0.25, 0.3) is 0 Å². The Balaban J connectivity index is 4.27. The number of nitrogens with zero attached hydrogens (tertiary/aromatic N) is 1. The van der Waals surface area contributed by atoms with Gasteiger partial charge in [-0.05, 0) is 13.3 Å². The second-order valence-corrected chi connectivity index (χ2v) is 2.57. The molecule has 1 unspecified atom stereocenters. The van der Waals surface area contributed by atoms with Crippen LogP contribution in [0, 0.1) is 0 Å². The summed E-state index contributed by atoms with van der Waals surface area (Å²) in [6.07, 6.45) is -0.235. The molecule has 76 valence electrons. The summed E-state index contributed by atoms with van der Waals surface area (Å²) < 4.78 is 4.66. The number of hydrogen-bond donors (Lipinski definition) is 1. The molecule has 0 rings (SSSR count). The first kappa shape index (κ1) is 11.7. The summed E-state index contributed by atoms with van der Waals surface area (Å²) in [7, 11) is 1.42. The summed E-state index contributed by atoms with van der Waals surface area (Å²) in [5.74, 6) is -1.02. The van der Waals surface area contributed by atoms with Crippen LogP contribution in [-0.4, -0.2) is 41.8 Å². The van der Waals surface area contributed by atoms with E-state index in [1.807, 2.05) is 0 Å². The fourth-order valence-corrected chi connectivity index (χ4v) is 0.967. The minimum Gasteiger partial charge on any atom is -0.480 e. The Hall–Kier alpha value is -1.26. The van der Waals surface area contributed by atoms with Crippen molar-refractivity contribution in [2.24, 2.45) is 0 Å². The number of carbonyl (C=O) groups excluding carboxylic acids is 1. The topological polar surface area (TPSA) is 66.8 Å². The Labute approximate surface area is 77.3 Å². The number of rotatable bonds is 4. The van der Waals surface area contributed by atoms with Crippen LogP contribution in [0.5, 0.6) is 0 Å². The van der Waals surface area contributed by atoms with E-state index in [-0.39, 0.29) is 6.61 Å². The Morgan fingerprint density at radius 2 is 2.00 bits per heavy atom. The second kappa shape index (κ2) is 5.40. The highest BCUT2D eigenvalue weighted by Gasteiger charge is 2.25. The molecule has 0 aliphatic rings. The Bertz CT molecular complexity index is 193. The highest BCUT2D eigenvalue weighted by atomic mass is 16.6. The fraction of sp³-hybridized carbons (Fsp3) is 0.750. The lowest BCUT2D eigenvalue weighted by atomic mass is 10.2. The van der Waals surface area contributed by atoms with Gasteiger partial charge in [-0.2, -0.15) is 0 Å². The molecule has 1 N–H and O–H groups in total. The van der Waals surface area contributed by atoms with Crippen LogP contribution in [0.15, 0.2) is 0 Å². The second-order valence-electron chi connectivity index (χ2n) is 2.57. The van der Waals surface area contributed by atoms with Crippen LogP contribution in [0.1, 0.15) is 20.3 Å². The molecular formula is C8H15NO4. The number of amides is 1. The molecule has 0 radical (unpaired) electrons. The van der Waals surface area contributed by atoms with Gasteiger partial charge in [0.15, 0.2) is 0 Å². The van der Waals surface area contributed by atoms with Gasteiger partial charge in [-0.15, -0.1) is 0 Å². The highest BCUT2D eigenvalue weighted by Crippen LogP contribution is 2.03. The Morgan fingerprint density at radius 3 is 2.31 bits per heavy atom. The van der Waals surface area contributed by atoms with Crippen molar-refractivity contribution < 1.29 is 19.4 Å². The number of aliphatic carboxylic acids is 1. The molecule has 0 saturated carbocycles. The Morgan fingerprint density at radius 1 is 1.46 bits per heavy atom. The number of likely N-dealkylation sites (N-methyl/N-ethyl adjacent to an activating group) is 1. The molecule has 5 nitrogen and oxygen atoms in total. The van der Waals surface area contributed by atoms with Crippen molar-refractivity contribution in [1.82, 2.24) is 4.90 Å². The van der Waals surface area contributed by atoms with E-state index in [9.17, 15) is 9.59 Å². The molecule has 0 aromatic rings. The van der Waals surface area contributed by atoms with Crippen molar-refractivity contribution in [3.05, 3.63) is 0 Å². The van der Waals surface area contributed by atoms with Crippen LogP contribution in [0.2, 0.25) is 0 Å². The number of ether oxygens (including phenoxy) is 1. The first-order chi connectivity index (χ1) is 6.04. The lowest BCUT2D eigenvalue weighted by Crippen LogP contribution is -2.42. The van der Waals surface area contributed by atoms with Gasteiger partial charge in [-0.1, -0.05) is 6.92 Å². The molecule has 1 amide bonds. The minimum absolute atomic E-state index is 0.249. The van der Waals surface area contributed by atoms with Gasteiger partial charge in [0.05, 0.1) is 6.61 Å². The van der Waals surface area contributed by atoms with Gasteiger partial charge in [0.2, 0.25) is 0 Å². The summed E-state index contributed by atoms with van der Waals surface area (Å²) in [5.41, 5.74) is 0. The van der Waals surface area contributed by atoms with Gasteiger partial charge < -0.3 is 9.84 Å².